The minimum atomic E-state index is -0.467. The highest BCUT2D eigenvalue weighted by Gasteiger charge is 2.13. The molecular weight excluding hydrogens is 524 g/mol. The molecular formula is C24H20BrClN4O4. The normalized spacial score (nSPS) is 10.6. The summed E-state index contributed by atoms with van der Waals surface area (Å²) in [5, 5.41) is 6.45. The standard InChI is InChI=1S/C24H20BrClN4O4/c1-13-16(25)5-7-23(28-13)30-24(31)29-18-6-4-14(10-17(18)26)34-20-8-9-27-19-12-22(33-3)21(32-2)11-15(19)20/h4-12H,1-3H3,(H2,28,29,30,31). The van der Waals surface area contributed by atoms with E-state index in [0.717, 1.165) is 15.6 Å². The van der Waals surface area contributed by atoms with Gasteiger partial charge in [-0.05, 0) is 59.3 Å². The van der Waals surface area contributed by atoms with Crippen LogP contribution < -0.4 is 24.8 Å². The first kappa shape index (κ1) is 23.6. The Bertz CT molecular complexity index is 1380. The van der Waals surface area contributed by atoms with Crippen LogP contribution in [0.2, 0.25) is 5.02 Å². The second kappa shape index (κ2) is 10.1. The molecule has 0 bridgehead atoms. The Morgan fingerprint density at radius 3 is 2.44 bits per heavy atom. The van der Waals surface area contributed by atoms with Crippen LogP contribution >= 0.6 is 27.5 Å². The zero-order valence-corrected chi connectivity index (χ0v) is 20.8. The van der Waals surface area contributed by atoms with Crippen molar-refractivity contribution in [1.29, 1.82) is 0 Å². The molecule has 174 valence electrons. The van der Waals surface area contributed by atoms with Crippen molar-refractivity contribution in [3.8, 4) is 23.0 Å². The lowest BCUT2D eigenvalue weighted by Gasteiger charge is -2.13. The number of pyridine rings is 2. The molecule has 2 N–H and O–H groups in total. The number of nitrogens with zero attached hydrogens (tertiary/aromatic N) is 2. The summed E-state index contributed by atoms with van der Waals surface area (Å²) < 4.78 is 17.7. The van der Waals surface area contributed by atoms with E-state index in [0.29, 0.717) is 45.0 Å². The number of halogens is 2. The molecule has 0 aliphatic carbocycles. The molecule has 2 heterocycles. The number of rotatable bonds is 6. The van der Waals surface area contributed by atoms with E-state index < -0.39 is 6.03 Å². The first-order chi connectivity index (χ1) is 16.4. The number of amides is 2. The van der Waals surface area contributed by atoms with Crippen molar-refractivity contribution in [2.45, 2.75) is 6.92 Å². The second-order valence-electron chi connectivity index (χ2n) is 7.12. The van der Waals surface area contributed by atoms with Crippen LogP contribution in [0.4, 0.5) is 16.3 Å². The van der Waals surface area contributed by atoms with E-state index in [4.69, 9.17) is 25.8 Å². The highest BCUT2D eigenvalue weighted by molar-refractivity contribution is 9.10. The van der Waals surface area contributed by atoms with Crippen molar-refractivity contribution in [3.63, 3.8) is 0 Å². The predicted molar refractivity (Wildman–Crippen MR) is 136 cm³/mol. The summed E-state index contributed by atoms with van der Waals surface area (Å²) in [4.78, 5) is 21.0. The highest BCUT2D eigenvalue weighted by atomic mass is 79.9. The molecule has 4 rings (SSSR count). The zero-order chi connectivity index (χ0) is 24.2. The van der Waals surface area contributed by atoms with Crippen LogP contribution in [0, 0.1) is 6.92 Å². The van der Waals surface area contributed by atoms with Crippen LogP contribution in [0.25, 0.3) is 10.9 Å². The topological polar surface area (TPSA) is 94.6 Å². The van der Waals surface area contributed by atoms with Crippen molar-refractivity contribution in [2.24, 2.45) is 0 Å². The molecule has 10 heteroatoms. The maximum atomic E-state index is 12.4. The van der Waals surface area contributed by atoms with Crippen LogP contribution in [0.3, 0.4) is 0 Å². The summed E-state index contributed by atoms with van der Waals surface area (Å²) in [5.41, 5.74) is 1.87. The largest absolute Gasteiger partial charge is 0.493 e. The van der Waals surface area contributed by atoms with Crippen molar-refractivity contribution in [1.82, 2.24) is 9.97 Å². The molecule has 0 aliphatic heterocycles. The smallest absolute Gasteiger partial charge is 0.324 e. The number of hydrogen-bond donors (Lipinski definition) is 2. The fourth-order valence-electron chi connectivity index (χ4n) is 3.21. The van der Waals surface area contributed by atoms with Crippen molar-refractivity contribution >= 4 is 56.0 Å². The Labute approximate surface area is 209 Å². The van der Waals surface area contributed by atoms with Gasteiger partial charge in [0.15, 0.2) is 11.5 Å². The Hall–Kier alpha value is -3.56. The van der Waals surface area contributed by atoms with Crippen molar-refractivity contribution in [3.05, 3.63) is 69.9 Å². The maximum absolute atomic E-state index is 12.4. The Morgan fingerprint density at radius 1 is 0.971 bits per heavy atom. The van der Waals surface area contributed by atoms with Gasteiger partial charge in [0.2, 0.25) is 0 Å². The zero-order valence-electron chi connectivity index (χ0n) is 18.5. The molecule has 0 saturated heterocycles. The van der Waals surface area contributed by atoms with Gasteiger partial charge in [0.25, 0.3) is 0 Å². The summed E-state index contributed by atoms with van der Waals surface area (Å²) in [7, 11) is 3.13. The van der Waals surface area contributed by atoms with Gasteiger partial charge in [0.05, 0.1) is 36.1 Å². The predicted octanol–water partition coefficient (Wildman–Crippen LogP) is 6.81. The molecule has 4 aromatic rings. The van der Waals surface area contributed by atoms with Gasteiger partial charge in [-0.1, -0.05) is 11.6 Å². The number of anilines is 2. The molecule has 0 radical (unpaired) electrons. The molecule has 2 aromatic heterocycles. The van der Waals surface area contributed by atoms with E-state index >= 15 is 0 Å². The fraction of sp³-hybridized carbons (Fsp3) is 0.125. The summed E-state index contributed by atoms with van der Waals surface area (Å²) >= 11 is 9.78. The summed E-state index contributed by atoms with van der Waals surface area (Å²) in [5.74, 6) is 2.61. The van der Waals surface area contributed by atoms with E-state index in [2.05, 4.69) is 36.5 Å². The van der Waals surface area contributed by atoms with E-state index in [-0.39, 0.29) is 0 Å². The van der Waals surface area contributed by atoms with Gasteiger partial charge in [-0.2, -0.15) is 0 Å². The first-order valence-corrected chi connectivity index (χ1v) is 11.2. The number of carbonyl (C=O) groups is 1. The van der Waals surface area contributed by atoms with Gasteiger partial charge in [-0.15, -0.1) is 0 Å². The third kappa shape index (κ3) is 5.16. The highest BCUT2D eigenvalue weighted by Crippen LogP contribution is 2.37. The number of aryl methyl sites for hydroxylation is 1. The third-order valence-electron chi connectivity index (χ3n) is 4.89. The molecule has 2 aromatic carbocycles. The van der Waals surface area contributed by atoms with Gasteiger partial charge in [0.1, 0.15) is 17.3 Å². The minimum absolute atomic E-state index is 0.310. The van der Waals surface area contributed by atoms with Gasteiger partial charge in [-0.25, -0.2) is 9.78 Å². The Balaban J connectivity index is 1.51. The monoisotopic (exact) mass is 542 g/mol. The van der Waals surface area contributed by atoms with Crippen molar-refractivity contribution in [2.75, 3.05) is 24.9 Å². The quantitative estimate of drug-likeness (QED) is 0.277. The van der Waals surface area contributed by atoms with Crippen LogP contribution in [0.1, 0.15) is 5.69 Å². The Morgan fingerprint density at radius 2 is 1.74 bits per heavy atom. The molecule has 0 aliphatic rings. The molecule has 34 heavy (non-hydrogen) atoms. The van der Waals surface area contributed by atoms with E-state index in [1.165, 1.54) is 0 Å². The average Bonchev–Trinajstić information content (AvgIpc) is 2.82. The van der Waals surface area contributed by atoms with Crippen LogP contribution in [-0.4, -0.2) is 30.2 Å². The number of urea groups is 1. The molecule has 0 fully saturated rings. The summed E-state index contributed by atoms with van der Waals surface area (Å²) in [6.07, 6.45) is 1.64. The molecule has 0 unspecified atom stereocenters. The molecule has 0 spiro atoms. The molecule has 8 nitrogen and oxygen atoms in total. The lowest BCUT2D eigenvalue weighted by molar-refractivity contribution is 0.262. The number of methoxy groups -OCH3 is 2. The van der Waals surface area contributed by atoms with Crippen LogP contribution in [0.15, 0.2) is 59.2 Å². The number of fused-ring (bicyclic) bond motifs is 1. The summed E-state index contributed by atoms with van der Waals surface area (Å²) in [6, 6.07) is 13.3. The number of carbonyl (C=O) groups excluding carboxylic acids is 1. The number of nitrogens with one attached hydrogen (secondary N) is 2. The van der Waals surface area contributed by atoms with E-state index in [9.17, 15) is 4.79 Å². The molecule has 0 atom stereocenters. The van der Waals surface area contributed by atoms with Gasteiger partial charge in [-0.3, -0.25) is 10.3 Å². The third-order valence-corrected chi connectivity index (χ3v) is 6.04. The van der Waals surface area contributed by atoms with E-state index in [1.54, 1.807) is 62.9 Å². The average molecular weight is 544 g/mol. The van der Waals surface area contributed by atoms with Crippen LogP contribution in [0.5, 0.6) is 23.0 Å². The SMILES string of the molecule is COc1cc2nccc(Oc3ccc(NC(=O)Nc4ccc(Br)c(C)n4)c(Cl)c3)c2cc1OC. The van der Waals surface area contributed by atoms with Gasteiger partial charge in [0, 0.05) is 28.2 Å². The summed E-state index contributed by atoms with van der Waals surface area (Å²) in [6.45, 7) is 1.83. The fourth-order valence-corrected chi connectivity index (χ4v) is 3.65. The minimum Gasteiger partial charge on any atom is -0.493 e. The number of ether oxygens (including phenoxy) is 3. The van der Waals surface area contributed by atoms with Crippen molar-refractivity contribution < 1.29 is 19.0 Å². The Kier molecular flexibility index (Phi) is 7.04. The van der Waals surface area contributed by atoms with Crippen LogP contribution in [-0.2, 0) is 0 Å². The van der Waals surface area contributed by atoms with E-state index in [1.807, 2.05) is 13.0 Å². The maximum Gasteiger partial charge on any atom is 0.324 e. The number of hydrogen-bond acceptors (Lipinski definition) is 6. The van der Waals surface area contributed by atoms with Gasteiger partial charge >= 0.3 is 6.03 Å². The first-order valence-electron chi connectivity index (χ1n) is 10.1. The molecule has 2 amide bonds. The lowest BCUT2D eigenvalue weighted by Crippen LogP contribution is -2.20. The second-order valence-corrected chi connectivity index (χ2v) is 8.38. The number of benzene rings is 2. The molecule has 0 saturated carbocycles. The lowest BCUT2D eigenvalue weighted by atomic mass is 10.2. The van der Waals surface area contributed by atoms with Gasteiger partial charge < -0.3 is 19.5 Å². The number of aromatic nitrogens is 2.